The molecule has 0 bridgehead atoms. The second-order valence-electron chi connectivity index (χ2n) is 6.51. The SMILES string of the molecule is CNC(=O)C(NC(=O)CCC(=O)c1ccc(C)c(C)c1)c1ccc(F)c(F)c1. The zero-order valence-electron chi connectivity index (χ0n) is 15.9. The van der Waals surface area contributed by atoms with Gasteiger partial charge in [-0.3, -0.25) is 14.4 Å². The molecule has 1 atom stereocenters. The molecule has 0 saturated heterocycles. The molecule has 0 saturated carbocycles. The van der Waals surface area contributed by atoms with Crippen molar-refractivity contribution < 1.29 is 23.2 Å². The van der Waals surface area contributed by atoms with E-state index in [4.69, 9.17) is 0 Å². The molecular formula is C21H22F2N2O3. The van der Waals surface area contributed by atoms with Gasteiger partial charge in [-0.05, 0) is 48.7 Å². The molecule has 1 unspecified atom stereocenters. The van der Waals surface area contributed by atoms with Gasteiger partial charge in [-0.2, -0.15) is 0 Å². The van der Waals surface area contributed by atoms with Crippen molar-refractivity contribution in [3.8, 4) is 0 Å². The first kappa shape index (κ1) is 21.2. The van der Waals surface area contributed by atoms with E-state index >= 15 is 0 Å². The predicted octanol–water partition coefficient (Wildman–Crippen LogP) is 3.15. The summed E-state index contributed by atoms with van der Waals surface area (Å²) < 4.78 is 26.6. The molecule has 0 aliphatic rings. The number of amides is 2. The molecule has 0 radical (unpaired) electrons. The van der Waals surface area contributed by atoms with E-state index in [1.807, 2.05) is 19.9 Å². The fourth-order valence-electron chi connectivity index (χ4n) is 2.66. The lowest BCUT2D eigenvalue weighted by Gasteiger charge is -2.18. The van der Waals surface area contributed by atoms with Gasteiger partial charge in [0.05, 0.1) is 0 Å². The van der Waals surface area contributed by atoms with Crippen molar-refractivity contribution >= 4 is 17.6 Å². The monoisotopic (exact) mass is 388 g/mol. The van der Waals surface area contributed by atoms with Gasteiger partial charge in [-0.15, -0.1) is 0 Å². The van der Waals surface area contributed by atoms with Crippen LogP contribution in [0.5, 0.6) is 0 Å². The Hall–Kier alpha value is -3.09. The number of Topliss-reactive ketones (excluding diaryl/α,β-unsaturated/α-hetero) is 1. The van der Waals surface area contributed by atoms with Gasteiger partial charge in [0, 0.05) is 25.5 Å². The first-order chi connectivity index (χ1) is 13.2. The fourth-order valence-corrected chi connectivity index (χ4v) is 2.66. The minimum Gasteiger partial charge on any atom is -0.357 e. The van der Waals surface area contributed by atoms with Crippen LogP contribution < -0.4 is 10.6 Å². The van der Waals surface area contributed by atoms with Crippen LogP contribution in [0.25, 0.3) is 0 Å². The van der Waals surface area contributed by atoms with Gasteiger partial charge in [0.1, 0.15) is 6.04 Å². The summed E-state index contributed by atoms with van der Waals surface area (Å²) in [6, 6.07) is 7.09. The summed E-state index contributed by atoms with van der Waals surface area (Å²) in [5.41, 5.74) is 2.66. The topological polar surface area (TPSA) is 75.3 Å². The molecule has 0 aliphatic carbocycles. The predicted molar refractivity (Wildman–Crippen MR) is 101 cm³/mol. The number of benzene rings is 2. The fraction of sp³-hybridized carbons (Fsp3) is 0.286. The number of likely N-dealkylation sites (N-methyl/N-ethyl adjacent to an activating group) is 1. The highest BCUT2D eigenvalue weighted by Gasteiger charge is 2.23. The third-order valence-electron chi connectivity index (χ3n) is 4.50. The van der Waals surface area contributed by atoms with Gasteiger partial charge >= 0.3 is 0 Å². The number of nitrogens with one attached hydrogen (secondary N) is 2. The summed E-state index contributed by atoms with van der Waals surface area (Å²) in [5.74, 6) is -3.49. The highest BCUT2D eigenvalue weighted by atomic mass is 19.2. The maximum Gasteiger partial charge on any atom is 0.246 e. The molecule has 5 nitrogen and oxygen atoms in total. The van der Waals surface area contributed by atoms with Gasteiger partial charge in [-0.25, -0.2) is 8.78 Å². The molecule has 28 heavy (non-hydrogen) atoms. The first-order valence-electron chi connectivity index (χ1n) is 8.79. The minimum absolute atomic E-state index is 0.0351. The van der Waals surface area contributed by atoms with Crippen LogP contribution in [0, 0.1) is 25.5 Å². The number of hydrogen-bond donors (Lipinski definition) is 2. The van der Waals surface area contributed by atoms with E-state index in [0.717, 1.165) is 23.3 Å². The van der Waals surface area contributed by atoms with Crippen molar-refractivity contribution in [1.29, 1.82) is 0 Å². The molecule has 2 aromatic rings. The lowest BCUT2D eigenvalue weighted by atomic mass is 10.0. The first-order valence-corrected chi connectivity index (χ1v) is 8.79. The van der Waals surface area contributed by atoms with Crippen molar-refractivity contribution in [1.82, 2.24) is 10.6 Å². The summed E-state index contributed by atoms with van der Waals surface area (Å²) in [7, 11) is 1.37. The van der Waals surface area contributed by atoms with Crippen LogP contribution in [0.3, 0.4) is 0 Å². The van der Waals surface area contributed by atoms with Gasteiger partial charge in [0.2, 0.25) is 11.8 Å². The average Bonchev–Trinajstić information content (AvgIpc) is 2.68. The molecule has 0 heterocycles. The van der Waals surface area contributed by atoms with Crippen LogP contribution in [0.2, 0.25) is 0 Å². The summed E-state index contributed by atoms with van der Waals surface area (Å²) >= 11 is 0. The van der Waals surface area contributed by atoms with Gasteiger partial charge in [-0.1, -0.05) is 18.2 Å². The summed E-state index contributed by atoms with van der Waals surface area (Å²) in [5, 5.41) is 4.83. The van der Waals surface area contributed by atoms with Crippen LogP contribution in [0.15, 0.2) is 36.4 Å². The molecule has 2 rings (SSSR count). The zero-order chi connectivity index (χ0) is 20.8. The standard InChI is InChI=1S/C21H22F2N2O3/c1-12-4-5-14(10-13(12)2)18(26)8-9-19(27)25-20(21(28)24-3)15-6-7-16(22)17(23)11-15/h4-7,10-11,20H,8-9H2,1-3H3,(H,24,28)(H,25,27). The molecule has 0 fully saturated rings. The Morgan fingerprint density at radius 2 is 1.64 bits per heavy atom. The average molecular weight is 388 g/mol. The largest absolute Gasteiger partial charge is 0.357 e. The van der Waals surface area contributed by atoms with Crippen LogP contribution in [0.4, 0.5) is 8.78 Å². The van der Waals surface area contributed by atoms with E-state index in [0.29, 0.717) is 5.56 Å². The second-order valence-corrected chi connectivity index (χ2v) is 6.51. The molecular weight excluding hydrogens is 366 g/mol. The number of rotatable bonds is 7. The van der Waals surface area contributed by atoms with E-state index in [9.17, 15) is 23.2 Å². The molecule has 148 valence electrons. The smallest absolute Gasteiger partial charge is 0.246 e. The van der Waals surface area contributed by atoms with Crippen LogP contribution >= 0.6 is 0 Å². The van der Waals surface area contributed by atoms with E-state index < -0.39 is 29.5 Å². The zero-order valence-corrected chi connectivity index (χ0v) is 15.9. The highest BCUT2D eigenvalue weighted by molar-refractivity contribution is 5.98. The summed E-state index contributed by atoms with van der Waals surface area (Å²) in [6.07, 6.45) is -0.171. The number of aryl methyl sites for hydroxylation is 2. The van der Waals surface area contributed by atoms with Crippen LogP contribution in [-0.2, 0) is 9.59 Å². The van der Waals surface area contributed by atoms with Crippen molar-refractivity contribution in [2.75, 3.05) is 7.05 Å². The number of ketones is 1. The minimum atomic E-state index is -1.19. The Morgan fingerprint density at radius 3 is 2.25 bits per heavy atom. The van der Waals surface area contributed by atoms with Crippen molar-refractivity contribution in [2.24, 2.45) is 0 Å². The third kappa shape index (κ3) is 5.22. The molecule has 2 aromatic carbocycles. The molecule has 0 aromatic heterocycles. The number of carbonyl (C=O) groups is 3. The normalized spacial score (nSPS) is 11.6. The van der Waals surface area contributed by atoms with Gasteiger partial charge in [0.25, 0.3) is 0 Å². The maximum absolute atomic E-state index is 13.5. The maximum atomic E-state index is 13.5. The summed E-state index contributed by atoms with van der Waals surface area (Å²) in [4.78, 5) is 36.6. The molecule has 2 N–H and O–H groups in total. The lowest BCUT2D eigenvalue weighted by molar-refractivity contribution is -0.128. The Balaban J connectivity index is 2.05. The quantitative estimate of drug-likeness (QED) is 0.716. The molecule has 0 aliphatic heterocycles. The Morgan fingerprint density at radius 1 is 0.929 bits per heavy atom. The highest BCUT2D eigenvalue weighted by Crippen LogP contribution is 2.18. The molecule has 7 heteroatoms. The van der Waals surface area contributed by atoms with E-state index in [1.165, 1.54) is 13.1 Å². The molecule has 2 amide bonds. The Bertz CT molecular complexity index is 913. The van der Waals surface area contributed by atoms with E-state index in [1.54, 1.807) is 12.1 Å². The van der Waals surface area contributed by atoms with Gasteiger partial charge in [0.15, 0.2) is 17.4 Å². The number of carbonyl (C=O) groups excluding carboxylic acids is 3. The number of halogens is 2. The Labute approximate surface area is 162 Å². The van der Waals surface area contributed by atoms with Crippen molar-refractivity contribution in [3.63, 3.8) is 0 Å². The van der Waals surface area contributed by atoms with E-state index in [2.05, 4.69) is 10.6 Å². The summed E-state index contributed by atoms with van der Waals surface area (Å²) in [6.45, 7) is 3.84. The van der Waals surface area contributed by atoms with E-state index in [-0.39, 0.29) is 24.2 Å². The van der Waals surface area contributed by atoms with Gasteiger partial charge < -0.3 is 10.6 Å². The van der Waals surface area contributed by atoms with Crippen LogP contribution in [0.1, 0.15) is 45.9 Å². The van der Waals surface area contributed by atoms with Crippen molar-refractivity contribution in [3.05, 3.63) is 70.3 Å². The van der Waals surface area contributed by atoms with Crippen molar-refractivity contribution in [2.45, 2.75) is 32.7 Å². The van der Waals surface area contributed by atoms with Crippen LogP contribution in [-0.4, -0.2) is 24.6 Å². The third-order valence-corrected chi connectivity index (χ3v) is 4.50. The Kier molecular flexibility index (Phi) is 6.98. The number of hydrogen-bond acceptors (Lipinski definition) is 3. The second kappa shape index (κ2) is 9.21. The molecule has 0 spiro atoms. The lowest BCUT2D eigenvalue weighted by Crippen LogP contribution is -2.39.